The van der Waals surface area contributed by atoms with Crippen LogP contribution < -0.4 is 0 Å². The van der Waals surface area contributed by atoms with Crippen LogP contribution in [0.4, 0.5) is 0 Å². The van der Waals surface area contributed by atoms with Gasteiger partial charge >= 0.3 is 0 Å². The molecule has 2 heterocycles. The van der Waals surface area contributed by atoms with Crippen LogP contribution in [-0.4, -0.2) is 9.61 Å². The molecule has 0 N–H and O–H groups in total. The van der Waals surface area contributed by atoms with Gasteiger partial charge in [-0.15, -0.1) is 0 Å². The monoisotopic (exact) mass is 244 g/mol. The van der Waals surface area contributed by atoms with E-state index >= 15 is 0 Å². The van der Waals surface area contributed by atoms with E-state index in [0.29, 0.717) is 0 Å². The molecule has 2 aromatic heterocycles. The maximum atomic E-state index is 4.65. The highest BCUT2D eigenvalue weighted by atomic mass is 15.2. The third-order valence-corrected chi connectivity index (χ3v) is 3.39. The lowest BCUT2D eigenvalue weighted by Gasteiger charge is -1.98. The Morgan fingerprint density at radius 1 is 0.737 bits per heavy atom. The maximum absolute atomic E-state index is 4.65. The van der Waals surface area contributed by atoms with Crippen molar-refractivity contribution in [1.29, 1.82) is 0 Å². The minimum Gasteiger partial charge on any atom is -0.240 e. The Morgan fingerprint density at radius 3 is 2.32 bits per heavy atom. The molecule has 0 bridgehead atoms. The molecule has 4 aromatic rings. The first-order chi connectivity index (χ1) is 9.40. The van der Waals surface area contributed by atoms with Gasteiger partial charge in [-0.3, -0.25) is 0 Å². The van der Waals surface area contributed by atoms with Crippen LogP contribution in [0, 0.1) is 0 Å². The minimum atomic E-state index is 1.01. The normalized spacial score (nSPS) is 11.2. The van der Waals surface area contributed by atoms with Crippen molar-refractivity contribution < 1.29 is 0 Å². The highest BCUT2D eigenvalue weighted by molar-refractivity contribution is 5.86. The predicted molar refractivity (Wildman–Crippen MR) is 78.1 cm³/mol. The lowest BCUT2D eigenvalue weighted by atomic mass is 10.1. The van der Waals surface area contributed by atoms with Crippen LogP contribution in [0.3, 0.4) is 0 Å². The lowest BCUT2D eigenvalue weighted by Crippen LogP contribution is -1.87. The van der Waals surface area contributed by atoms with E-state index < -0.39 is 0 Å². The fourth-order valence-corrected chi connectivity index (χ4v) is 2.42. The van der Waals surface area contributed by atoms with Gasteiger partial charge in [-0.25, -0.2) is 4.52 Å². The molecule has 0 aliphatic rings. The summed E-state index contributed by atoms with van der Waals surface area (Å²) in [6.45, 7) is 0. The van der Waals surface area contributed by atoms with Crippen LogP contribution >= 0.6 is 0 Å². The molecular formula is C17H12N2. The Morgan fingerprint density at radius 2 is 1.47 bits per heavy atom. The van der Waals surface area contributed by atoms with Gasteiger partial charge in [0.15, 0.2) is 0 Å². The number of hydrogen-bond donors (Lipinski definition) is 0. The van der Waals surface area contributed by atoms with E-state index in [4.69, 9.17) is 0 Å². The molecule has 0 aliphatic heterocycles. The quantitative estimate of drug-likeness (QED) is 0.491. The SMILES string of the molecule is c1ccc(-c2cc3cc4ccccc4cn3n2)cc1. The Balaban J connectivity index is 1.98. The highest BCUT2D eigenvalue weighted by Gasteiger charge is 2.04. The summed E-state index contributed by atoms with van der Waals surface area (Å²) in [5, 5.41) is 7.10. The smallest absolute Gasteiger partial charge is 0.0933 e. The van der Waals surface area contributed by atoms with Gasteiger partial charge in [0.1, 0.15) is 0 Å². The van der Waals surface area contributed by atoms with Gasteiger partial charge in [0, 0.05) is 17.1 Å². The van der Waals surface area contributed by atoms with E-state index in [1.165, 1.54) is 10.8 Å². The minimum absolute atomic E-state index is 1.01. The number of rotatable bonds is 1. The number of benzene rings is 2. The molecular weight excluding hydrogens is 232 g/mol. The third kappa shape index (κ3) is 1.69. The standard InChI is InChI=1S/C17H12N2/c1-2-6-13(7-3-1)17-11-16-10-14-8-4-5-9-15(14)12-19(16)18-17/h1-12H. The number of hydrogen-bond acceptors (Lipinski definition) is 1. The summed E-state index contributed by atoms with van der Waals surface area (Å²) in [5.41, 5.74) is 3.28. The van der Waals surface area contributed by atoms with Crippen molar-refractivity contribution in [3.05, 3.63) is 72.9 Å². The number of fused-ring (bicyclic) bond motifs is 2. The number of pyridine rings is 1. The van der Waals surface area contributed by atoms with E-state index in [-0.39, 0.29) is 0 Å². The molecule has 0 aliphatic carbocycles. The molecule has 2 nitrogen and oxygen atoms in total. The second kappa shape index (κ2) is 3.95. The van der Waals surface area contributed by atoms with Crippen molar-refractivity contribution in [2.45, 2.75) is 0 Å². The van der Waals surface area contributed by atoms with Gasteiger partial charge in [-0.05, 0) is 17.5 Å². The molecule has 90 valence electrons. The second-order valence-corrected chi connectivity index (χ2v) is 4.67. The van der Waals surface area contributed by atoms with E-state index in [1.807, 2.05) is 22.7 Å². The summed E-state index contributed by atoms with van der Waals surface area (Å²) >= 11 is 0. The average Bonchev–Trinajstić information content (AvgIpc) is 2.88. The number of aromatic nitrogens is 2. The van der Waals surface area contributed by atoms with Crippen LogP contribution in [0.5, 0.6) is 0 Å². The molecule has 19 heavy (non-hydrogen) atoms. The Bertz CT molecular complexity index is 808. The van der Waals surface area contributed by atoms with Crippen molar-refractivity contribution in [3.8, 4) is 11.3 Å². The van der Waals surface area contributed by atoms with E-state index in [1.54, 1.807) is 0 Å². The van der Waals surface area contributed by atoms with Gasteiger partial charge in [0.25, 0.3) is 0 Å². The van der Waals surface area contributed by atoms with E-state index in [2.05, 4.69) is 59.8 Å². The fourth-order valence-electron chi connectivity index (χ4n) is 2.42. The lowest BCUT2D eigenvalue weighted by molar-refractivity contribution is 0.974. The molecule has 0 unspecified atom stereocenters. The van der Waals surface area contributed by atoms with Crippen LogP contribution in [0.2, 0.25) is 0 Å². The number of nitrogens with zero attached hydrogens (tertiary/aromatic N) is 2. The molecule has 0 saturated carbocycles. The molecule has 0 saturated heterocycles. The van der Waals surface area contributed by atoms with E-state index in [9.17, 15) is 0 Å². The Hall–Kier alpha value is -2.61. The largest absolute Gasteiger partial charge is 0.240 e. The molecule has 0 fully saturated rings. The van der Waals surface area contributed by atoms with Gasteiger partial charge in [-0.1, -0.05) is 54.6 Å². The van der Waals surface area contributed by atoms with Gasteiger partial charge in [0.2, 0.25) is 0 Å². The zero-order valence-corrected chi connectivity index (χ0v) is 10.3. The van der Waals surface area contributed by atoms with Crippen molar-refractivity contribution in [2.24, 2.45) is 0 Å². The van der Waals surface area contributed by atoms with Crippen molar-refractivity contribution in [3.63, 3.8) is 0 Å². The molecule has 0 amide bonds. The predicted octanol–water partition coefficient (Wildman–Crippen LogP) is 4.15. The topological polar surface area (TPSA) is 17.3 Å². The summed E-state index contributed by atoms with van der Waals surface area (Å²) in [6, 6.07) is 22.9. The second-order valence-electron chi connectivity index (χ2n) is 4.67. The molecule has 0 atom stereocenters. The molecule has 2 heteroatoms. The van der Waals surface area contributed by atoms with Crippen molar-refractivity contribution >= 4 is 16.3 Å². The molecule has 2 aromatic carbocycles. The summed E-state index contributed by atoms with van der Waals surface area (Å²) in [5.74, 6) is 0. The van der Waals surface area contributed by atoms with Crippen molar-refractivity contribution in [1.82, 2.24) is 9.61 Å². The summed E-state index contributed by atoms with van der Waals surface area (Å²) in [4.78, 5) is 0. The van der Waals surface area contributed by atoms with Gasteiger partial charge in [-0.2, -0.15) is 5.10 Å². The van der Waals surface area contributed by atoms with E-state index in [0.717, 1.165) is 16.8 Å². The molecule has 4 rings (SSSR count). The van der Waals surface area contributed by atoms with Gasteiger partial charge < -0.3 is 0 Å². The van der Waals surface area contributed by atoms with Crippen LogP contribution in [0.1, 0.15) is 0 Å². The van der Waals surface area contributed by atoms with Crippen molar-refractivity contribution in [2.75, 3.05) is 0 Å². The summed E-state index contributed by atoms with van der Waals surface area (Å²) in [7, 11) is 0. The molecule has 0 radical (unpaired) electrons. The van der Waals surface area contributed by atoms with Crippen LogP contribution in [0.25, 0.3) is 27.5 Å². The van der Waals surface area contributed by atoms with Crippen LogP contribution in [-0.2, 0) is 0 Å². The highest BCUT2D eigenvalue weighted by Crippen LogP contribution is 2.22. The summed E-state index contributed by atoms with van der Waals surface area (Å²) in [6.07, 6.45) is 2.08. The Labute approximate surface area is 110 Å². The van der Waals surface area contributed by atoms with Crippen LogP contribution in [0.15, 0.2) is 72.9 Å². The first-order valence-electron chi connectivity index (χ1n) is 6.34. The molecule has 0 spiro atoms. The third-order valence-electron chi connectivity index (χ3n) is 3.39. The zero-order valence-electron chi connectivity index (χ0n) is 10.3. The zero-order chi connectivity index (χ0) is 12.7. The first kappa shape index (κ1) is 10.3. The Kier molecular flexibility index (Phi) is 2.15. The van der Waals surface area contributed by atoms with Gasteiger partial charge in [0.05, 0.1) is 11.2 Å². The maximum Gasteiger partial charge on any atom is 0.0933 e. The average molecular weight is 244 g/mol. The fraction of sp³-hybridized carbons (Fsp3) is 0. The summed E-state index contributed by atoms with van der Waals surface area (Å²) < 4.78 is 1.95. The first-order valence-corrected chi connectivity index (χ1v) is 6.34.